The van der Waals surface area contributed by atoms with E-state index < -0.39 is 8.32 Å². The lowest BCUT2D eigenvalue weighted by Crippen LogP contribution is -2.53. The van der Waals surface area contributed by atoms with Gasteiger partial charge in [-0.05, 0) is 68.8 Å². The van der Waals surface area contributed by atoms with Crippen molar-refractivity contribution in [1.82, 2.24) is 0 Å². The first-order chi connectivity index (χ1) is 11.2. The van der Waals surface area contributed by atoms with Crippen LogP contribution in [0.1, 0.15) is 33.1 Å². The van der Waals surface area contributed by atoms with E-state index >= 15 is 0 Å². The second kappa shape index (κ2) is 9.00. The highest BCUT2D eigenvalue weighted by atomic mass is 32.2. The van der Waals surface area contributed by atoms with Gasteiger partial charge in [0, 0.05) is 5.92 Å². The lowest BCUT2D eigenvalue weighted by atomic mass is 9.95. The normalized spacial score (nSPS) is 26.5. The van der Waals surface area contributed by atoms with Crippen LogP contribution in [0, 0.1) is 5.92 Å². The molecule has 24 heavy (non-hydrogen) atoms. The fourth-order valence-electron chi connectivity index (χ4n) is 3.45. The Balaban J connectivity index is 2.31. The molecule has 0 spiro atoms. The van der Waals surface area contributed by atoms with Crippen LogP contribution in [0.15, 0.2) is 12.7 Å². The summed E-state index contributed by atoms with van der Waals surface area (Å²) in [6, 6.07) is 0. The molecular weight excluding hydrogens is 389 g/mol. The Morgan fingerprint density at radius 3 is 2.00 bits per heavy atom. The van der Waals surface area contributed by atoms with Crippen molar-refractivity contribution in [2.45, 2.75) is 67.0 Å². The highest BCUT2D eigenvalue weighted by Gasteiger charge is 2.50. The molecule has 0 aliphatic carbocycles. The van der Waals surface area contributed by atoms with Gasteiger partial charge in [-0.15, -0.1) is 53.6 Å². The van der Waals surface area contributed by atoms with E-state index in [4.69, 9.17) is 4.43 Å². The van der Waals surface area contributed by atoms with Gasteiger partial charge in [-0.25, -0.2) is 0 Å². The molecule has 2 saturated heterocycles. The van der Waals surface area contributed by atoms with Crippen LogP contribution < -0.4 is 0 Å². The lowest BCUT2D eigenvalue weighted by Gasteiger charge is -2.51. The summed E-state index contributed by atoms with van der Waals surface area (Å²) in [7, 11) is -1.60. The number of hydrogen-bond acceptors (Lipinski definition) is 5. The van der Waals surface area contributed by atoms with E-state index in [2.05, 4.69) is 93.2 Å². The maximum absolute atomic E-state index is 6.90. The first-order valence-corrected chi connectivity index (χ1v) is 16.4. The smallest absolute Gasteiger partial charge is 0.184 e. The van der Waals surface area contributed by atoms with E-state index in [1.54, 1.807) is 0 Å². The largest absolute Gasteiger partial charge is 0.412 e. The molecule has 2 aliphatic rings. The Bertz CT molecular complexity index is 412. The molecule has 0 bridgehead atoms. The predicted octanol–water partition coefficient (Wildman–Crippen LogP) is 6.57. The molecule has 2 fully saturated rings. The average molecular weight is 423 g/mol. The molecule has 2 heterocycles. The highest BCUT2D eigenvalue weighted by molar-refractivity contribution is 8.19. The van der Waals surface area contributed by atoms with Gasteiger partial charge in [0.1, 0.15) is 0 Å². The van der Waals surface area contributed by atoms with Gasteiger partial charge >= 0.3 is 0 Å². The zero-order valence-corrected chi connectivity index (χ0v) is 20.2. The molecule has 0 unspecified atom stereocenters. The molecule has 0 N–H and O–H groups in total. The Morgan fingerprint density at radius 1 is 1.04 bits per heavy atom. The molecule has 2 rings (SSSR count). The number of hydrogen-bond donors (Lipinski definition) is 0. The van der Waals surface area contributed by atoms with Crippen LogP contribution in [0.4, 0.5) is 0 Å². The van der Waals surface area contributed by atoms with Crippen LogP contribution in [0.3, 0.4) is 0 Å². The van der Waals surface area contributed by atoms with Crippen molar-refractivity contribution < 1.29 is 4.43 Å². The molecular formula is C18H34OS4Si. The van der Waals surface area contributed by atoms with Crippen LogP contribution in [-0.4, -0.2) is 45.6 Å². The lowest BCUT2D eigenvalue weighted by molar-refractivity contribution is 0.120. The van der Waals surface area contributed by atoms with Crippen molar-refractivity contribution in [2.75, 3.05) is 23.0 Å². The fourth-order valence-corrected chi connectivity index (χ4v) is 11.6. The van der Waals surface area contributed by atoms with Gasteiger partial charge in [-0.3, -0.25) is 0 Å². The topological polar surface area (TPSA) is 9.23 Å². The predicted molar refractivity (Wildman–Crippen MR) is 122 cm³/mol. The summed E-state index contributed by atoms with van der Waals surface area (Å²) in [5.41, 5.74) is 0. The Kier molecular flexibility index (Phi) is 8.11. The van der Waals surface area contributed by atoms with Crippen LogP contribution >= 0.6 is 47.0 Å². The van der Waals surface area contributed by atoms with E-state index in [1.807, 2.05) is 0 Å². The van der Waals surface area contributed by atoms with Crippen LogP contribution in [0.2, 0.25) is 19.6 Å². The molecule has 2 atom stereocenters. The summed E-state index contributed by atoms with van der Waals surface area (Å²) >= 11 is 8.62. The average Bonchev–Trinajstić information content (AvgIpc) is 2.53. The molecule has 0 aromatic carbocycles. The minimum Gasteiger partial charge on any atom is -0.412 e. The van der Waals surface area contributed by atoms with E-state index in [9.17, 15) is 0 Å². The van der Waals surface area contributed by atoms with E-state index in [1.165, 1.54) is 35.9 Å². The van der Waals surface area contributed by atoms with Gasteiger partial charge < -0.3 is 4.43 Å². The molecule has 0 amide bonds. The molecule has 140 valence electrons. The van der Waals surface area contributed by atoms with Crippen molar-refractivity contribution in [2.24, 2.45) is 5.92 Å². The van der Waals surface area contributed by atoms with Crippen molar-refractivity contribution in [1.29, 1.82) is 0 Å². The molecule has 0 aromatic rings. The second-order valence-corrected chi connectivity index (χ2v) is 18.8. The molecule has 6 heteroatoms. The molecule has 1 nitrogen and oxygen atoms in total. The number of rotatable bonds is 7. The summed E-state index contributed by atoms with van der Waals surface area (Å²) in [5.74, 6) is 5.64. The van der Waals surface area contributed by atoms with Crippen molar-refractivity contribution in [3.8, 4) is 0 Å². The van der Waals surface area contributed by atoms with Crippen molar-refractivity contribution in [3.05, 3.63) is 12.7 Å². The van der Waals surface area contributed by atoms with Gasteiger partial charge in [-0.1, -0.05) is 13.0 Å². The highest BCUT2D eigenvalue weighted by Crippen LogP contribution is 2.56. The minimum absolute atomic E-state index is 0.185. The summed E-state index contributed by atoms with van der Waals surface area (Å²) in [4.78, 5) is 0. The SMILES string of the molecule is C=CCC1([C@H](C)[C@@H](O[Si](C)(C)C)C2(C)SCCCS2)SCCCS1. The zero-order valence-electron chi connectivity index (χ0n) is 15.9. The third-order valence-corrected chi connectivity index (χ3v) is 12.6. The van der Waals surface area contributed by atoms with Crippen molar-refractivity contribution in [3.63, 3.8) is 0 Å². The summed E-state index contributed by atoms with van der Waals surface area (Å²) < 4.78 is 7.33. The Labute approximate surface area is 167 Å². The van der Waals surface area contributed by atoms with E-state index in [0.29, 0.717) is 12.0 Å². The van der Waals surface area contributed by atoms with E-state index in [0.717, 1.165) is 6.42 Å². The third kappa shape index (κ3) is 5.41. The first kappa shape index (κ1) is 21.6. The van der Waals surface area contributed by atoms with Gasteiger partial charge in [0.25, 0.3) is 0 Å². The molecule has 0 aromatic heterocycles. The standard InChI is InChI=1S/C18H34OS4Si/c1-7-10-18(22-13-9-14-23-18)15(2)16(19-24(4,5)6)17(3)20-11-8-12-21-17/h7,15-16H,1,8-14H2,2-6H3/t15-,16-/m1/s1. The summed E-state index contributed by atoms with van der Waals surface area (Å²) in [6.45, 7) is 16.0. The third-order valence-electron chi connectivity index (χ3n) is 4.62. The van der Waals surface area contributed by atoms with Gasteiger partial charge in [0.15, 0.2) is 8.32 Å². The number of allylic oxidation sites excluding steroid dienone is 1. The van der Waals surface area contributed by atoms with Gasteiger partial charge in [0.05, 0.1) is 14.3 Å². The Morgan fingerprint density at radius 2 is 1.54 bits per heavy atom. The van der Waals surface area contributed by atoms with Crippen LogP contribution in [0.5, 0.6) is 0 Å². The molecule has 0 saturated carbocycles. The minimum atomic E-state index is -1.60. The maximum atomic E-state index is 6.90. The first-order valence-electron chi connectivity index (χ1n) is 9.07. The molecule has 2 aliphatic heterocycles. The van der Waals surface area contributed by atoms with E-state index in [-0.39, 0.29) is 8.16 Å². The zero-order chi connectivity index (χ0) is 17.8. The number of thioether (sulfide) groups is 4. The van der Waals surface area contributed by atoms with Gasteiger partial charge in [0.2, 0.25) is 0 Å². The monoisotopic (exact) mass is 422 g/mol. The van der Waals surface area contributed by atoms with Crippen molar-refractivity contribution >= 4 is 55.4 Å². The Hall–Kier alpha value is 1.32. The maximum Gasteiger partial charge on any atom is 0.184 e. The van der Waals surface area contributed by atoms with Crippen LogP contribution in [-0.2, 0) is 4.43 Å². The quantitative estimate of drug-likeness (QED) is 0.338. The molecule has 0 radical (unpaired) electrons. The summed E-state index contributed by atoms with van der Waals surface area (Å²) in [5, 5.41) is 0. The summed E-state index contributed by atoms with van der Waals surface area (Å²) in [6.07, 6.45) is 6.20. The second-order valence-electron chi connectivity index (χ2n) is 7.86. The van der Waals surface area contributed by atoms with Crippen LogP contribution in [0.25, 0.3) is 0 Å². The fraction of sp³-hybridized carbons (Fsp3) is 0.889. The van der Waals surface area contributed by atoms with Gasteiger partial charge in [-0.2, -0.15) is 0 Å².